The van der Waals surface area contributed by atoms with Crippen LogP contribution in [0.1, 0.15) is 11.8 Å². The molecule has 1 saturated heterocycles. The zero-order chi connectivity index (χ0) is 22.0. The van der Waals surface area contributed by atoms with E-state index in [1.165, 1.54) is 24.3 Å². The van der Waals surface area contributed by atoms with E-state index in [9.17, 15) is 20.1 Å². The van der Waals surface area contributed by atoms with Crippen molar-refractivity contribution in [3.63, 3.8) is 0 Å². The summed E-state index contributed by atoms with van der Waals surface area (Å²) in [7, 11) is 1.31. The van der Waals surface area contributed by atoms with E-state index in [2.05, 4.69) is 20.3 Å². The van der Waals surface area contributed by atoms with Crippen LogP contribution in [0.15, 0.2) is 43.0 Å². The van der Waals surface area contributed by atoms with Gasteiger partial charge in [0.2, 0.25) is 0 Å². The number of benzene rings is 1. The average Bonchev–Trinajstić information content (AvgIpc) is 3.35. The van der Waals surface area contributed by atoms with Crippen molar-refractivity contribution >= 4 is 23.0 Å². The van der Waals surface area contributed by atoms with Crippen LogP contribution in [-0.4, -0.2) is 78.9 Å². The van der Waals surface area contributed by atoms with Crippen LogP contribution >= 0.6 is 0 Å². The molecule has 5 atom stereocenters. The molecule has 0 radical (unpaired) electrons. The second-order valence-electron chi connectivity index (χ2n) is 7.18. The number of nitrogens with zero attached hydrogens (tertiary/aromatic N) is 4. The minimum atomic E-state index is -1.28. The summed E-state index contributed by atoms with van der Waals surface area (Å²) in [5.41, 5.74) is 1.62. The Morgan fingerprint density at radius 3 is 2.68 bits per heavy atom. The normalized spacial score (nSPS) is 24.3. The summed E-state index contributed by atoms with van der Waals surface area (Å²) in [5.74, 6) is -0.152. The number of esters is 1. The Bertz CT molecular complexity index is 1040. The first-order valence-electron chi connectivity index (χ1n) is 9.71. The van der Waals surface area contributed by atoms with Crippen LogP contribution in [0.4, 0.5) is 5.82 Å². The quantitative estimate of drug-likeness (QED) is 0.366. The van der Waals surface area contributed by atoms with Gasteiger partial charge in [0, 0.05) is 6.42 Å². The predicted octanol–water partition coefficient (Wildman–Crippen LogP) is -0.366. The highest BCUT2D eigenvalue weighted by Gasteiger charge is 2.44. The molecular weight excluding hydrogens is 406 g/mol. The first-order valence-corrected chi connectivity index (χ1v) is 9.71. The Kier molecular flexibility index (Phi) is 6.09. The molecule has 11 heteroatoms. The van der Waals surface area contributed by atoms with E-state index >= 15 is 0 Å². The molecule has 2 aromatic heterocycles. The van der Waals surface area contributed by atoms with Crippen molar-refractivity contribution < 1.29 is 29.6 Å². The van der Waals surface area contributed by atoms with Gasteiger partial charge < -0.3 is 30.1 Å². The number of hydrogen-bond acceptors (Lipinski definition) is 10. The number of ether oxygens (including phenoxy) is 2. The monoisotopic (exact) mass is 429 g/mol. The smallest absolute Gasteiger partial charge is 0.328 e. The predicted molar refractivity (Wildman–Crippen MR) is 108 cm³/mol. The molecule has 0 amide bonds. The first-order chi connectivity index (χ1) is 15.0. The number of nitrogens with one attached hydrogen (secondary N) is 1. The molecule has 0 aliphatic carbocycles. The number of anilines is 1. The summed E-state index contributed by atoms with van der Waals surface area (Å²) in [6, 6.07) is 8.75. The molecule has 4 N–H and O–H groups in total. The number of aliphatic hydroxyl groups excluding tert-OH is 3. The van der Waals surface area contributed by atoms with Crippen molar-refractivity contribution in [1.29, 1.82) is 0 Å². The first kappa shape index (κ1) is 21.1. The molecule has 3 heterocycles. The van der Waals surface area contributed by atoms with E-state index in [-0.39, 0.29) is 0 Å². The van der Waals surface area contributed by atoms with Crippen molar-refractivity contribution in [1.82, 2.24) is 19.5 Å². The van der Waals surface area contributed by atoms with Crippen molar-refractivity contribution in [3.05, 3.63) is 48.5 Å². The molecule has 0 bridgehead atoms. The summed E-state index contributed by atoms with van der Waals surface area (Å²) in [6.45, 7) is -0.441. The van der Waals surface area contributed by atoms with Gasteiger partial charge in [0.1, 0.15) is 30.7 Å². The van der Waals surface area contributed by atoms with Crippen molar-refractivity contribution in [2.75, 3.05) is 19.0 Å². The third-order valence-electron chi connectivity index (χ3n) is 5.23. The van der Waals surface area contributed by atoms with Crippen LogP contribution in [0.2, 0.25) is 0 Å². The van der Waals surface area contributed by atoms with Gasteiger partial charge in [-0.2, -0.15) is 0 Å². The fraction of sp³-hybridized carbons (Fsp3) is 0.400. The minimum Gasteiger partial charge on any atom is -0.467 e. The van der Waals surface area contributed by atoms with Crippen molar-refractivity contribution in [2.45, 2.75) is 37.0 Å². The highest BCUT2D eigenvalue weighted by atomic mass is 16.6. The molecular formula is C20H23N5O6. The molecule has 3 aromatic rings. The topological polar surface area (TPSA) is 152 Å². The van der Waals surface area contributed by atoms with Gasteiger partial charge in [0.25, 0.3) is 0 Å². The maximum atomic E-state index is 12.4. The van der Waals surface area contributed by atoms with Gasteiger partial charge in [-0.1, -0.05) is 30.3 Å². The summed E-state index contributed by atoms with van der Waals surface area (Å²) < 4.78 is 11.9. The van der Waals surface area contributed by atoms with Gasteiger partial charge in [-0.25, -0.2) is 19.7 Å². The van der Waals surface area contributed by atoms with E-state index in [4.69, 9.17) is 9.47 Å². The summed E-state index contributed by atoms with van der Waals surface area (Å²) in [4.78, 5) is 25.1. The Labute approximate surface area is 177 Å². The fourth-order valence-corrected chi connectivity index (χ4v) is 3.60. The second-order valence-corrected chi connectivity index (χ2v) is 7.18. The number of carbonyl (C=O) groups is 1. The number of fused-ring (bicyclic) bond motifs is 1. The molecule has 1 aromatic carbocycles. The lowest BCUT2D eigenvalue weighted by molar-refractivity contribution is -0.141. The number of rotatable bonds is 7. The van der Waals surface area contributed by atoms with Crippen LogP contribution in [0.5, 0.6) is 0 Å². The number of carbonyl (C=O) groups excluding carboxylic acids is 1. The van der Waals surface area contributed by atoms with Crippen LogP contribution < -0.4 is 5.32 Å². The number of aliphatic hydroxyl groups is 3. The fourth-order valence-electron chi connectivity index (χ4n) is 3.60. The molecule has 1 aliphatic heterocycles. The van der Waals surface area contributed by atoms with E-state index in [1.807, 2.05) is 30.3 Å². The maximum absolute atomic E-state index is 12.4. The van der Waals surface area contributed by atoms with E-state index < -0.39 is 43.2 Å². The van der Waals surface area contributed by atoms with Gasteiger partial charge in [-0.3, -0.25) is 4.57 Å². The average molecular weight is 429 g/mol. The molecule has 4 rings (SSSR count). The Hall–Kier alpha value is -3.12. The highest BCUT2D eigenvalue weighted by Crippen LogP contribution is 2.32. The number of methoxy groups -OCH3 is 1. The van der Waals surface area contributed by atoms with Crippen LogP contribution in [0.25, 0.3) is 11.2 Å². The summed E-state index contributed by atoms with van der Waals surface area (Å²) >= 11 is 0. The van der Waals surface area contributed by atoms with Gasteiger partial charge in [0.15, 0.2) is 23.2 Å². The number of imidazole rings is 1. The molecule has 5 unspecified atom stereocenters. The van der Waals surface area contributed by atoms with E-state index in [1.54, 1.807) is 0 Å². The highest BCUT2D eigenvalue weighted by molar-refractivity contribution is 5.86. The lowest BCUT2D eigenvalue weighted by Crippen LogP contribution is -2.33. The van der Waals surface area contributed by atoms with Gasteiger partial charge >= 0.3 is 5.97 Å². The zero-order valence-electron chi connectivity index (χ0n) is 16.7. The molecule has 0 saturated carbocycles. The Balaban J connectivity index is 1.63. The molecule has 164 valence electrons. The van der Waals surface area contributed by atoms with E-state index in [0.29, 0.717) is 23.4 Å². The second kappa shape index (κ2) is 8.94. The molecule has 11 nitrogen and oxygen atoms in total. The van der Waals surface area contributed by atoms with Gasteiger partial charge in [-0.05, 0) is 5.56 Å². The largest absolute Gasteiger partial charge is 0.467 e. The lowest BCUT2D eigenvalue weighted by atomic mass is 10.1. The third-order valence-corrected chi connectivity index (χ3v) is 5.23. The molecule has 31 heavy (non-hydrogen) atoms. The van der Waals surface area contributed by atoms with Crippen LogP contribution in [0, 0.1) is 0 Å². The van der Waals surface area contributed by atoms with E-state index in [0.717, 1.165) is 5.56 Å². The summed E-state index contributed by atoms with van der Waals surface area (Å²) in [5, 5.41) is 32.7. The molecule has 1 fully saturated rings. The van der Waals surface area contributed by atoms with Gasteiger partial charge in [0.05, 0.1) is 20.0 Å². The maximum Gasteiger partial charge on any atom is 0.328 e. The Morgan fingerprint density at radius 2 is 2.00 bits per heavy atom. The Morgan fingerprint density at radius 1 is 1.23 bits per heavy atom. The standard InChI is InChI=1S/C20H23N5O6/c1-30-20(29)12(7-11-5-3-2-4-6-11)24-17-14-18(22-9-21-17)25(10-23-14)19-16(28)15(27)13(8-26)31-19/h2-6,9-10,12-13,15-16,19,26-28H,7-8H2,1H3,(H,21,22,24). The SMILES string of the molecule is COC(=O)C(Cc1ccccc1)Nc1ncnc2c1ncn2C1OC(CO)C(O)C1O. The number of hydrogen-bond donors (Lipinski definition) is 4. The van der Waals surface area contributed by atoms with Gasteiger partial charge in [-0.15, -0.1) is 0 Å². The molecule has 0 spiro atoms. The van der Waals surface area contributed by atoms with Crippen LogP contribution in [-0.2, 0) is 20.7 Å². The van der Waals surface area contributed by atoms with Crippen molar-refractivity contribution in [3.8, 4) is 0 Å². The van der Waals surface area contributed by atoms with Crippen molar-refractivity contribution in [2.24, 2.45) is 0 Å². The third kappa shape index (κ3) is 4.08. The minimum absolute atomic E-state index is 0.307. The van der Waals surface area contributed by atoms with Crippen LogP contribution in [0.3, 0.4) is 0 Å². The zero-order valence-corrected chi connectivity index (χ0v) is 16.7. The number of aromatic nitrogens is 4. The molecule has 1 aliphatic rings. The summed E-state index contributed by atoms with van der Waals surface area (Å²) in [6.07, 6.45) is -1.37. The lowest BCUT2D eigenvalue weighted by Gasteiger charge is -2.18.